The second kappa shape index (κ2) is 9.77. The molecule has 1 fully saturated rings. The molecule has 2 aromatic carbocycles. The molecule has 0 unspecified atom stereocenters. The third-order valence-corrected chi connectivity index (χ3v) is 10.8. The van der Waals surface area contributed by atoms with Crippen LogP contribution in [-0.4, -0.2) is 57.2 Å². The van der Waals surface area contributed by atoms with Gasteiger partial charge in [0, 0.05) is 25.7 Å². The molecule has 0 aliphatic carbocycles. The maximum atomic E-state index is 12.6. The number of rotatable bonds is 5. The van der Waals surface area contributed by atoms with Gasteiger partial charge in [-0.2, -0.15) is 0 Å². The highest BCUT2D eigenvalue weighted by Gasteiger charge is 2.50. The van der Waals surface area contributed by atoms with Crippen molar-refractivity contribution in [2.24, 2.45) is 0 Å². The molecule has 1 heterocycles. The van der Waals surface area contributed by atoms with Crippen molar-refractivity contribution in [2.45, 2.75) is 58.2 Å². The number of hydrogen-bond acceptors (Lipinski definition) is 4. The SMILES string of the molecule is CC(C)(C)OC(=O)N1CCN[C@@H](CO[Si](c2ccccc2)(c2ccccc2)C(C)(C)C)C1. The van der Waals surface area contributed by atoms with E-state index < -0.39 is 13.9 Å². The molecule has 0 aromatic heterocycles. The van der Waals surface area contributed by atoms with Crippen molar-refractivity contribution in [2.75, 3.05) is 26.2 Å². The summed E-state index contributed by atoms with van der Waals surface area (Å²) in [5.74, 6) is 0. The van der Waals surface area contributed by atoms with Gasteiger partial charge in [-0.05, 0) is 36.2 Å². The van der Waals surface area contributed by atoms with Crippen LogP contribution in [0.3, 0.4) is 0 Å². The molecule has 3 rings (SSSR count). The Hall–Kier alpha value is -2.15. The number of ether oxygens (including phenoxy) is 1. The summed E-state index contributed by atoms with van der Waals surface area (Å²) in [4.78, 5) is 14.4. The summed E-state index contributed by atoms with van der Waals surface area (Å²) in [6, 6.07) is 21.3. The van der Waals surface area contributed by atoms with E-state index in [9.17, 15) is 4.79 Å². The van der Waals surface area contributed by atoms with E-state index in [-0.39, 0.29) is 17.2 Å². The number of carbonyl (C=O) groups is 1. The zero-order valence-electron chi connectivity index (χ0n) is 20.4. The van der Waals surface area contributed by atoms with Gasteiger partial charge in [0.25, 0.3) is 8.32 Å². The molecule has 32 heavy (non-hydrogen) atoms. The number of hydrogen-bond donors (Lipinski definition) is 1. The molecule has 2 aromatic rings. The van der Waals surface area contributed by atoms with E-state index in [1.165, 1.54) is 10.4 Å². The molecule has 174 valence electrons. The maximum absolute atomic E-state index is 12.6. The van der Waals surface area contributed by atoms with Crippen LogP contribution in [0.1, 0.15) is 41.5 Å². The molecule has 5 nitrogen and oxygen atoms in total. The number of carbonyl (C=O) groups excluding carboxylic acids is 1. The minimum Gasteiger partial charge on any atom is -0.444 e. The standard InChI is InChI=1S/C26H38N2O3Si/c1-25(2,3)31-24(29)28-18-17-27-21(19-28)20-30-32(26(4,5)6,22-13-9-7-10-14-22)23-15-11-8-12-16-23/h7-16,21,27H,17-20H2,1-6H3/t21-/m1/s1. The van der Waals surface area contributed by atoms with Gasteiger partial charge in [0.2, 0.25) is 0 Å². The highest BCUT2D eigenvalue weighted by Crippen LogP contribution is 2.36. The number of nitrogens with one attached hydrogen (secondary N) is 1. The van der Waals surface area contributed by atoms with E-state index in [0.29, 0.717) is 19.7 Å². The van der Waals surface area contributed by atoms with Gasteiger partial charge in [0.05, 0.1) is 6.61 Å². The van der Waals surface area contributed by atoms with Gasteiger partial charge in [-0.25, -0.2) is 4.79 Å². The second-order valence-corrected chi connectivity index (χ2v) is 14.9. The molecule has 1 saturated heterocycles. The molecule has 1 atom stereocenters. The number of nitrogens with zero attached hydrogens (tertiary/aromatic N) is 1. The van der Waals surface area contributed by atoms with Crippen molar-refractivity contribution >= 4 is 24.8 Å². The topological polar surface area (TPSA) is 50.8 Å². The molecular formula is C26H38N2O3Si. The van der Waals surface area contributed by atoms with Crippen LogP contribution in [0.2, 0.25) is 5.04 Å². The Morgan fingerprint density at radius 2 is 1.50 bits per heavy atom. The van der Waals surface area contributed by atoms with Gasteiger partial charge in [0.15, 0.2) is 0 Å². The van der Waals surface area contributed by atoms with Crippen molar-refractivity contribution < 1.29 is 14.0 Å². The van der Waals surface area contributed by atoms with Crippen LogP contribution in [0.4, 0.5) is 4.79 Å². The first-order valence-corrected chi connectivity index (χ1v) is 13.4. The molecule has 1 N–H and O–H groups in total. The molecule has 1 aliphatic heterocycles. The summed E-state index contributed by atoms with van der Waals surface area (Å²) in [6.07, 6.45) is -0.255. The van der Waals surface area contributed by atoms with Gasteiger partial charge in [-0.1, -0.05) is 81.4 Å². The molecule has 1 aliphatic rings. The first kappa shape index (κ1) is 24.5. The average molecular weight is 455 g/mol. The van der Waals surface area contributed by atoms with Crippen molar-refractivity contribution in [3.05, 3.63) is 60.7 Å². The van der Waals surface area contributed by atoms with Crippen molar-refractivity contribution in [1.82, 2.24) is 10.2 Å². The lowest BCUT2D eigenvalue weighted by Crippen LogP contribution is -2.68. The van der Waals surface area contributed by atoms with Gasteiger partial charge < -0.3 is 19.4 Å². The zero-order chi connectivity index (χ0) is 23.4. The molecule has 0 saturated carbocycles. The smallest absolute Gasteiger partial charge is 0.410 e. The van der Waals surface area contributed by atoms with Crippen molar-refractivity contribution in [3.63, 3.8) is 0 Å². The van der Waals surface area contributed by atoms with E-state index in [0.717, 1.165) is 6.54 Å². The lowest BCUT2D eigenvalue weighted by molar-refractivity contribution is 0.0176. The van der Waals surface area contributed by atoms with Crippen molar-refractivity contribution in [3.8, 4) is 0 Å². The van der Waals surface area contributed by atoms with Crippen LogP contribution in [0.15, 0.2) is 60.7 Å². The third-order valence-electron chi connectivity index (χ3n) is 5.83. The highest BCUT2D eigenvalue weighted by molar-refractivity contribution is 6.99. The van der Waals surface area contributed by atoms with E-state index in [2.05, 4.69) is 86.8 Å². The lowest BCUT2D eigenvalue weighted by atomic mass is 10.2. The van der Waals surface area contributed by atoms with Crippen LogP contribution in [0.25, 0.3) is 0 Å². The third kappa shape index (κ3) is 5.60. The Balaban J connectivity index is 1.86. The fourth-order valence-corrected chi connectivity index (χ4v) is 9.02. The number of piperazine rings is 1. The van der Waals surface area contributed by atoms with E-state index >= 15 is 0 Å². The predicted octanol–water partition coefficient (Wildman–Crippen LogP) is 3.77. The van der Waals surface area contributed by atoms with E-state index in [1.54, 1.807) is 4.90 Å². The zero-order valence-corrected chi connectivity index (χ0v) is 21.4. The fourth-order valence-electron chi connectivity index (χ4n) is 4.42. The first-order chi connectivity index (χ1) is 15.0. The summed E-state index contributed by atoms with van der Waals surface area (Å²) in [7, 11) is -2.60. The quantitative estimate of drug-likeness (QED) is 0.699. The molecule has 0 spiro atoms. The molecule has 1 amide bonds. The molecule has 6 heteroatoms. The van der Waals surface area contributed by atoms with Crippen molar-refractivity contribution in [1.29, 1.82) is 0 Å². The number of benzene rings is 2. The minimum atomic E-state index is -2.60. The predicted molar refractivity (Wildman–Crippen MR) is 133 cm³/mol. The Kier molecular flexibility index (Phi) is 7.48. The summed E-state index contributed by atoms with van der Waals surface area (Å²) in [6.45, 7) is 15.0. The lowest BCUT2D eigenvalue weighted by Gasteiger charge is -2.44. The minimum absolute atomic E-state index is 0.0536. The summed E-state index contributed by atoms with van der Waals surface area (Å²) >= 11 is 0. The summed E-state index contributed by atoms with van der Waals surface area (Å²) in [5.41, 5.74) is -0.497. The van der Waals surface area contributed by atoms with Crippen LogP contribution < -0.4 is 15.7 Å². The molecule has 0 bridgehead atoms. The van der Waals surface area contributed by atoms with Gasteiger partial charge >= 0.3 is 6.09 Å². The Labute approximate surface area is 194 Å². The highest BCUT2D eigenvalue weighted by atomic mass is 28.4. The van der Waals surface area contributed by atoms with Crippen LogP contribution in [-0.2, 0) is 9.16 Å². The largest absolute Gasteiger partial charge is 0.444 e. The molecular weight excluding hydrogens is 416 g/mol. The van der Waals surface area contributed by atoms with Crippen LogP contribution in [0, 0.1) is 0 Å². The van der Waals surface area contributed by atoms with Gasteiger partial charge in [-0.3, -0.25) is 0 Å². The maximum Gasteiger partial charge on any atom is 0.410 e. The average Bonchev–Trinajstić information content (AvgIpc) is 2.74. The Bertz CT molecular complexity index is 836. The van der Waals surface area contributed by atoms with Gasteiger partial charge in [0.1, 0.15) is 5.60 Å². The Morgan fingerprint density at radius 1 is 0.969 bits per heavy atom. The van der Waals surface area contributed by atoms with E-state index in [1.807, 2.05) is 20.8 Å². The second-order valence-electron chi connectivity index (χ2n) is 10.6. The normalized spacial score (nSPS) is 17.8. The van der Waals surface area contributed by atoms with Crippen LogP contribution >= 0.6 is 0 Å². The summed E-state index contributed by atoms with van der Waals surface area (Å²) in [5, 5.41) is 5.99. The summed E-state index contributed by atoms with van der Waals surface area (Å²) < 4.78 is 12.6. The fraction of sp³-hybridized carbons (Fsp3) is 0.500. The number of amides is 1. The van der Waals surface area contributed by atoms with Gasteiger partial charge in [-0.15, -0.1) is 0 Å². The molecule has 0 radical (unpaired) electrons. The van der Waals surface area contributed by atoms with E-state index in [4.69, 9.17) is 9.16 Å². The Morgan fingerprint density at radius 3 is 1.97 bits per heavy atom. The monoisotopic (exact) mass is 454 g/mol. The van der Waals surface area contributed by atoms with Crippen LogP contribution in [0.5, 0.6) is 0 Å². The first-order valence-electron chi connectivity index (χ1n) is 11.5.